The van der Waals surface area contributed by atoms with Crippen LogP contribution >= 0.6 is 24.0 Å². The summed E-state index contributed by atoms with van der Waals surface area (Å²) in [6.07, 6.45) is 3.35. The van der Waals surface area contributed by atoms with Crippen molar-refractivity contribution in [3.8, 4) is 0 Å². The summed E-state index contributed by atoms with van der Waals surface area (Å²) in [4.78, 5) is 25.7. The van der Waals surface area contributed by atoms with Crippen LogP contribution in [0, 0.1) is 13.8 Å². The molecule has 3 rings (SSSR count). The van der Waals surface area contributed by atoms with E-state index in [1.807, 2.05) is 18.7 Å². The molecular formula is C19H31IN8O. The minimum absolute atomic E-state index is 0. The third-order valence-electron chi connectivity index (χ3n) is 5.26. The summed E-state index contributed by atoms with van der Waals surface area (Å²) in [6.45, 7) is 10.6. The van der Waals surface area contributed by atoms with Crippen LogP contribution in [0.1, 0.15) is 23.9 Å². The first-order chi connectivity index (χ1) is 13.4. The molecule has 0 unspecified atom stereocenters. The highest BCUT2D eigenvalue weighted by molar-refractivity contribution is 14.0. The summed E-state index contributed by atoms with van der Waals surface area (Å²) >= 11 is 0. The normalized spacial score (nSPS) is 14.7. The summed E-state index contributed by atoms with van der Waals surface area (Å²) in [5.74, 6) is 1.42. The second-order valence-corrected chi connectivity index (χ2v) is 7.08. The van der Waals surface area contributed by atoms with E-state index in [4.69, 9.17) is 4.99 Å². The van der Waals surface area contributed by atoms with Gasteiger partial charge < -0.3 is 19.7 Å². The quantitative estimate of drug-likeness (QED) is 0.373. The molecule has 0 aliphatic carbocycles. The zero-order chi connectivity index (χ0) is 20.3. The maximum atomic E-state index is 12.3. The van der Waals surface area contributed by atoms with E-state index in [2.05, 4.69) is 39.0 Å². The topological polar surface area (TPSA) is 83.6 Å². The van der Waals surface area contributed by atoms with E-state index >= 15 is 0 Å². The molecule has 0 bridgehead atoms. The lowest BCUT2D eigenvalue weighted by atomic mass is 10.2. The van der Waals surface area contributed by atoms with Gasteiger partial charge in [-0.25, -0.2) is 9.98 Å². The average molecular weight is 514 g/mol. The molecule has 160 valence electrons. The highest BCUT2D eigenvalue weighted by atomic mass is 127. The van der Waals surface area contributed by atoms with Crippen molar-refractivity contribution in [2.45, 2.75) is 27.3 Å². The van der Waals surface area contributed by atoms with Crippen molar-refractivity contribution in [2.75, 3.05) is 37.6 Å². The van der Waals surface area contributed by atoms with Crippen LogP contribution in [-0.4, -0.2) is 62.9 Å². The summed E-state index contributed by atoms with van der Waals surface area (Å²) in [7, 11) is 3.71. The third kappa shape index (κ3) is 5.09. The van der Waals surface area contributed by atoms with E-state index < -0.39 is 0 Å². The second-order valence-electron chi connectivity index (χ2n) is 7.08. The van der Waals surface area contributed by atoms with Crippen molar-refractivity contribution >= 4 is 35.8 Å². The van der Waals surface area contributed by atoms with E-state index in [1.54, 1.807) is 24.0 Å². The van der Waals surface area contributed by atoms with Gasteiger partial charge in [-0.2, -0.15) is 5.10 Å². The molecule has 2 aromatic heterocycles. The van der Waals surface area contributed by atoms with Gasteiger partial charge in [-0.15, -0.1) is 24.0 Å². The molecule has 9 nitrogen and oxygen atoms in total. The Hall–Kier alpha value is -2.11. The summed E-state index contributed by atoms with van der Waals surface area (Å²) < 4.78 is 3.47. The van der Waals surface area contributed by atoms with Gasteiger partial charge in [0.05, 0.1) is 12.2 Å². The molecule has 0 amide bonds. The van der Waals surface area contributed by atoms with Crippen LogP contribution in [0.15, 0.2) is 22.2 Å². The zero-order valence-electron chi connectivity index (χ0n) is 17.8. The minimum Gasteiger partial charge on any atom is -0.357 e. The van der Waals surface area contributed by atoms with Crippen molar-refractivity contribution in [1.82, 2.24) is 29.5 Å². The van der Waals surface area contributed by atoms with Crippen LogP contribution in [0.25, 0.3) is 0 Å². The molecule has 0 aromatic carbocycles. The van der Waals surface area contributed by atoms with Crippen LogP contribution in [-0.2, 0) is 20.6 Å². The number of aliphatic imine (C=N–C) groups is 1. The first-order valence-corrected chi connectivity index (χ1v) is 9.71. The Morgan fingerprint density at radius 1 is 1.21 bits per heavy atom. The molecule has 10 heteroatoms. The van der Waals surface area contributed by atoms with Crippen LogP contribution < -0.4 is 15.8 Å². The largest absolute Gasteiger partial charge is 0.357 e. The average Bonchev–Trinajstić information content (AvgIpc) is 2.93. The van der Waals surface area contributed by atoms with E-state index in [1.165, 1.54) is 5.56 Å². The minimum atomic E-state index is -0.0564. The molecule has 3 heterocycles. The number of hydrogen-bond acceptors (Lipinski definition) is 5. The lowest BCUT2D eigenvalue weighted by molar-refractivity contribution is 0.370. The lowest BCUT2D eigenvalue weighted by Gasteiger charge is -2.36. The van der Waals surface area contributed by atoms with Gasteiger partial charge >= 0.3 is 0 Å². The molecular weight excluding hydrogens is 483 g/mol. The van der Waals surface area contributed by atoms with Gasteiger partial charge in [0.2, 0.25) is 0 Å². The number of nitrogens with zero attached hydrogens (tertiary/aromatic N) is 7. The molecule has 2 aromatic rings. The van der Waals surface area contributed by atoms with Crippen LogP contribution in [0.3, 0.4) is 0 Å². The van der Waals surface area contributed by atoms with Crippen LogP contribution in [0.2, 0.25) is 0 Å². The number of halogens is 1. The molecule has 0 saturated carbocycles. The fourth-order valence-corrected chi connectivity index (χ4v) is 3.46. The number of anilines is 1. The summed E-state index contributed by atoms with van der Waals surface area (Å²) in [6, 6.07) is 0. The zero-order valence-corrected chi connectivity index (χ0v) is 20.2. The fraction of sp³-hybridized carbons (Fsp3) is 0.579. The van der Waals surface area contributed by atoms with Gasteiger partial charge in [-0.1, -0.05) is 0 Å². The Morgan fingerprint density at radius 2 is 1.90 bits per heavy atom. The van der Waals surface area contributed by atoms with Gasteiger partial charge in [-0.3, -0.25) is 9.48 Å². The van der Waals surface area contributed by atoms with Crippen molar-refractivity contribution < 1.29 is 0 Å². The third-order valence-corrected chi connectivity index (χ3v) is 5.26. The Labute approximate surface area is 188 Å². The van der Waals surface area contributed by atoms with Crippen molar-refractivity contribution in [3.05, 3.63) is 39.7 Å². The number of aromatic nitrogens is 4. The Bertz CT molecular complexity index is 911. The van der Waals surface area contributed by atoms with Gasteiger partial charge in [0.15, 0.2) is 11.8 Å². The van der Waals surface area contributed by atoms with E-state index in [9.17, 15) is 4.79 Å². The van der Waals surface area contributed by atoms with E-state index in [-0.39, 0.29) is 29.5 Å². The second kappa shape index (κ2) is 10.1. The van der Waals surface area contributed by atoms with Crippen molar-refractivity contribution in [2.24, 2.45) is 19.1 Å². The molecule has 1 N–H and O–H groups in total. The lowest BCUT2D eigenvalue weighted by Crippen LogP contribution is -2.53. The SMILES string of the molecule is CCNC(=NCc1c(C)nn(C)c1C)N1CCN(c2nccn(C)c2=O)CC1.I. The van der Waals surface area contributed by atoms with Gasteiger partial charge in [0.1, 0.15) is 0 Å². The predicted octanol–water partition coefficient (Wildman–Crippen LogP) is 1.04. The molecule has 1 aliphatic heterocycles. The molecule has 1 saturated heterocycles. The first-order valence-electron chi connectivity index (χ1n) is 9.71. The molecule has 0 radical (unpaired) electrons. The number of aryl methyl sites for hydroxylation is 3. The molecule has 1 fully saturated rings. The highest BCUT2D eigenvalue weighted by Crippen LogP contribution is 2.14. The Morgan fingerprint density at radius 3 is 2.48 bits per heavy atom. The van der Waals surface area contributed by atoms with Gasteiger partial charge in [0, 0.05) is 70.5 Å². The number of rotatable bonds is 4. The van der Waals surface area contributed by atoms with E-state index in [0.717, 1.165) is 50.1 Å². The maximum Gasteiger partial charge on any atom is 0.293 e. The maximum absolute atomic E-state index is 12.3. The molecule has 29 heavy (non-hydrogen) atoms. The molecule has 0 atom stereocenters. The Balaban J connectivity index is 0.00000300. The number of guanidine groups is 1. The highest BCUT2D eigenvalue weighted by Gasteiger charge is 2.22. The smallest absolute Gasteiger partial charge is 0.293 e. The van der Waals surface area contributed by atoms with Gasteiger partial charge in [0.25, 0.3) is 5.56 Å². The number of hydrogen-bond donors (Lipinski definition) is 1. The fourth-order valence-electron chi connectivity index (χ4n) is 3.46. The van der Waals surface area contributed by atoms with Gasteiger partial charge in [-0.05, 0) is 20.8 Å². The van der Waals surface area contributed by atoms with Crippen LogP contribution in [0.4, 0.5) is 5.82 Å². The Kier molecular flexibility index (Phi) is 8.05. The number of piperazine rings is 1. The van der Waals surface area contributed by atoms with Crippen molar-refractivity contribution in [3.63, 3.8) is 0 Å². The monoisotopic (exact) mass is 514 g/mol. The van der Waals surface area contributed by atoms with E-state index in [0.29, 0.717) is 12.4 Å². The van der Waals surface area contributed by atoms with Crippen LogP contribution in [0.5, 0.6) is 0 Å². The first kappa shape index (κ1) is 23.2. The summed E-state index contributed by atoms with van der Waals surface area (Å²) in [5.41, 5.74) is 3.29. The molecule has 0 spiro atoms. The standard InChI is InChI=1S/C19H30N8O.HI/c1-6-20-19(22-13-16-14(2)23-25(5)15(16)3)27-11-9-26(10-12-27)17-18(28)24(4)8-7-21-17;/h7-8H,6,9-13H2,1-5H3,(H,20,22);1H. The number of nitrogens with one attached hydrogen (secondary N) is 1. The van der Waals surface area contributed by atoms with Crippen molar-refractivity contribution in [1.29, 1.82) is 0 Å². The summed E-state index contributed by atoms with van der Waals surface area (Å²) in [5, 5.41) is 7.87. The molecule has 1 aliphatic rings. The predicted molar refractivity (Wildman–Crippen MR) is 126 cm³/mol.